The molecule has 0 amide bonds. The van der Waals surface area contributed by atoms with Gasteiger partial charge in [-0.1, -0.05) is 0 Å². The number of quaternary nitrogens is 2. The Morgan fingerprint density at radius 2 is 0.633 bits per heavy atom. The molecule has 0 rings (SSSR count). The minimum Gasteiger partial charge on any atom is -0.544 e. The Labute approximate surface area is 165 Å². The van der Waals surface area contributed by atoms with E-state index < -0.39 is 60.2 Å². The average molecular weight is 450 g/mol. The third-order valence-corrected chi connectivity index (χ3v) is 2.02. The first-order valence-electron chi connectivity index (χ1n) is 7.09. The van der Waals surface area contributed by atoms with Gasteiger partial charge in [0.1, 0.15) is 13.1 Å². The Kier molecular flexibility index (Phi) is 21.5. The highest BCUT2D eigenvalue weighted by atomic mass is 16.4. The molecule has 18 heteroatoms. The zero-order chi connectivity index (χ0) is 25.2. The smallest absolute Gasteiger partial charge is 0.335 e. The van der Waals surface area contributed by atoms with E-state index >= 15 is 0 Å². The summed E-state index contributed by atoms with van der Waals surface area (Å²) in [6.45, 7) is -0.278. The Morgan fingerprint density at radius 3 is 0.667 bits per heavy atom. The Hall–Kier alpha value is -3.42. The van der Waals surface area contributed by atoms with E-state index in [2.05, 4.69) is 11.5 Å². The number of hydrogen-bond donors (Lipinski definition) is 10. The fraction of sp³-hybridized carbons (Fsp3) is 0.500. The van der Waals surface area contributed by atoms with E-state index in [0.29, 0.717) is 0 Å². The highest BCUT2D eigenvalue weighted by molar-refractivity contribution is 5.83. The van der Waals surface area contributed by atoms with Gasteiger partial charge in [-0.05, 0) is 0 Å². The summed E-state index contributed by atoms with van der Waals surface area (Å²) in [4.78, 5) is 57.5. The van der Waals surface area contributed by atoms with Crippen LogP contribution in [-0.2, 0) is 28.8 Å². The Balaban J connectivity index is -0.000000159. The first kappa shape index (κ1) is 34.1. The van der Waals surface area contributed by atoms with Gasteiger partial charge in [0.05, 0.1) is 11.9 Å². The van der Waals surface area contributed by atoms with Crippen LogP contribution in [0.5, 0.6) is 0 Å². The van der Waals surface area contributed by atoms with Crippen molar-refractivity contribution in [3.63, 3.8) is 0 Å². The molecule has 0 aromatic carbocycles. The maximum Gasteiger partial charge on any atom is 0.335 e. The standard InChI is InChI=1S/2C4H6O6.2C2H5NO2/c2*5-1(3(7)8)2(6)4(9)10;2*3-1-2(4)5/h2*1-2,5-6H,(H,7,8)(H,9,10);2*1,3H2,(H,4,5)/t2*1-,2-;;/m10../s1. The van der Waals surface area contributed by atoms with Crippen LogP contribution in [0.25, 0.3) is 0 Å². The number of aliphatic hydroxyl groups is 4. The molecule has 4 atom stereocenters. The molecule has 0 radical (unpaired) electrons. The summed E-state index contributed by atoms with van der Waals surface area (Å²) in [5, 5.41) is 83.4. The summed E-state index contributed by atoms with van der Waals surface area (Å²) in [5.74, 6) is -9.29. The van der Waals surface area contributed by atoms with Gasteiger partial charge in [-0.3, -0.25) is 0 Å². The van der Waals surface area contributed by atoms with Crippen molar-refractivity contribution in [3.05, 3.63) is 0 Å². The molecule has 176 valence electrons. The summed E-state index contributed by atoms with van der Waals surface area (Å²) in [5.41, 5.74) is 6.05. The largest absolute Gasteiger partial charge is 0.544 e. The number of aliphatic carboxylic acids is 6. The van der Waals surface area contributed by atoms with Gasteiger partial charge in [-0.25, -0.2) is 19.2 Å². The van der Waals surface area contributed by atoms with Crippen LogP contribution >= 0.6 is 0 Å². The molecule has 14 N–H and O–H groups in total. The van der Waals surface area contributed by atoms with Gasteiger partial charge >= 0.3 is 23.9 Å². The molecule has 0 unspecified atom stereocenters. The maximum atomic E-state index is 9.77. The highest BCUT2D eigenvalue weighted by Gasteiger charge is 2.30. The minimum absolute atomic E-state index is 0.139. The lowest BCUT2D eigenvalue weighted by Gasteiger charge is -2.07. The molecule has 0 bridgehead atoms. The number of hydrogen-bond acceptors (Lipinski definition) is 12. The predicted octanol–water partition coefficient (Wildman–Crippen LogP) is -10.3. The van der Waals surface area contributed by atoms with E-state index in [0.717, 1.165) is 0 Å². The number of rotatable bonds is 8. The molecule has 30 heavy (non-hydrogen) atoms. The highest BCUT2D eigenvalue weighted by Crippen LogP contribution is 1.93. The second-order valence-corrected chi connectivity index (χ2v) is 4.38. The molecule has 0 heterocycles. The van der Waals surface area contributed by atoms with Crippen LogP contribution in [0.1, 0.15) is 0 Å². The van der Waals surface area contributed by atoms with E-state index in [-0.39, 0.29) is 13.1 Å². The molecular weight excluding hydrogens is 428 g/mol. The van der Waals surface area contributed by atoms with E-state index in [1.807, 2.05) is 0 Å². The third kappa shape index (κ3) is 22.6. The summed E-state index contributed by atoms with van der Waals surface area (Å²) in [6.07, 6.45) is -9.06. The van der Waals surface area contributed by atoms with Crippen molar-refractivity contribution < 1.29 is 91.3 Å². The van der Waals surface area contributed by atoms with Crippen molar-refractivity contribution in [2.24, 2.45) is 0 Å². The number of carboxylic acid groups (broad SMARTS) is 6. The molecule has 0 aliphatic heterocycles. The monoisotopic (exact) mass is 450 g/mol. The lowest BCUT2D eigenvalue weighted by molar-refractivity contribution is -0.396. The van der Waals surface area contributed by atoms with Crippen LogP contribution < -0.4 is 21.7 Å². The third-order valence-electron chi connectivity index (χ3n) is 2.02. The molecule has 0 aliphatic carbocycles. The molecule has 0 spiro atoms. The first-order valence-corrected chi connectivity index (χ1v) is 7.09. The molecule has 0 aliphatic rings. The minimum atomic E-state index is -2.27. The fourth-order valence-electron chi connectivity index (χ4n) is 0.540. The molecule has 0 saturated carbocycles. The van der Waals surface area contributed by atoms with Crippen LogP contribution in [0.3, 0.4) is 0 Å². The Morgan fingerprint density at radius 1 is 0.533 bits per heavy atom. The quantitative estimate of drug-likeness (QED) is 0.164. The number of aliphatic hydroxyl groups excluding tert-OH is 4. The summed E-state index contributed by atoms with van der Waals surface area (Å²) in [6, 6.07) is 0. The SMILES string of the molecule is O=C(O)[C@@H](O)[C@H](O)C(=O)O.O=C(O)[C@H](O)[C@@H](O)C(=O)O.[NH3+]CC(=O)[O-].[NH3+]CC(=O)[O-]. The number of carboxylic acids is 6. The number of carbonyl (C=O) groups is 6. The lowest BCUT2D eigenvalue weighted by atomic mass is 10.2. The fourth-order valence-corrected chi connectivity index (χ4v) is 0.540. The van der Waals surface area contributed by atoms with Crippen LogP contribution in [0, 0.1) is 0 Å². The number of carbonyl (C=O) groups excluding carboxylic acids is 2. The van der Waals surface area contributed by atoms with Crippen molar-refractivity contribution in [3.8, 4) is 0 Å². The summed E-state index contributed by atoms with van der Waals surface area (Å²) < 4.78 is 0. The average Bonchev–Trinajstić information content (AvgIpc) is 2.66. The van der Waals surface area contributed by atoms with E-state index in [1.165, 1.54) is 0 Å². The molecule has 0 saturated heterocycles. The second kappa shape index (κ2) is 18.9. The van der Waals surface area contributed by atoms with Crippen molar-refractivity contribution in [1.82, 2.24) is 0 Å². The van der Waals surface area contributed by atoms with Gasteiger partial charge in [0.2, 0.25) is 0 Å². The van der Waals surface area contributed by atoms with Gasteiger partial charge in [0.15, 0.2) is 24.4 Å². The van der Waals surface area contributed by atoms with Gasteiger partial charge in [-0.15, -0.1) is 0 Å². The van der Waals surface area contributed by atoms with Crippen molar-refractivity contribution in [2.45, 2.75) is 24.4 Å². The second-order valence-electron chi connectivity index (χ2n) is 4.38. The van der Waals surface area contributed by atoms with Crippen molar-refractivity contribution in [1.29, 1.82) is 0 Å². The van der Waals surface area contributed by atoms with Gasteiger partial charge in [0.25, 0.3) is 0 Å². The summed E-state index contributed by atoms with van der Waals surface area (Å²) in [7, 11) is 0. The first-order chi connectivity index (χ1) is 13.5. The molecular formula is C12H22N2O16. The van der Waals surface area contributed by atoms with Crippen LogP contribution in [0.2, 0.25) is 0 Å². The van der Waals surface area contributed by atoms with Crippen LogP contribution in [0.4, 0.5) is 0 Å². The van der Waals surface area contributed by atoms with E-state index in [1.54, 1.807) is 0 Å². The van der Waals surface area contributed by atoms with Crippen molar-refractivity contribution in [2.75, 3.05) is 13.1 Å². The molecule has 0 aromatic heterocycles. The molecule has 0 fully saturated rings. The van der Waals surface area contributed by atoms with Gasteiger partial charge < -0.3 is 72.1 Å². The maximum absolute atomic E-state index is 9.77. The summed E-state index contributed by atoms with van der Waals surface area (Å²) >= 11 is 0. The molecule has 18 nitrogen and oxygen atoms in total. The van der Waals surface area contributed by atoms with Crippen molar-refractivity contribution >= 4 is 35.8 Å². The van der Waals surface area contributed by atoms with Crippen LogP contribution in [0.15, 0.2) is 0 Å². The predicted molar refractivity (Wildman–Crippen MR) is 80.1 cm³/mol. The Bertz CT molecular complexity index is 493. The van der Waals surface area contributed by atoms with Gasteiger partial charge in [-0.2, -0.15) is 0 Å². The van der Waals surface area contributed by atoms with Gasteiger partial charge in [0, 0.05) is 0 Å². The lowest BCUT2D eigenvalue weighted by Crippen LogP contribution is -2.58. The zero-order valence-corrected chi connectivity index (χ0v) is 15.0. The van der Waals surface area contributed by atoms with Crippen LogP contribution in [-0.4, -0.2) is 114 Å². The normalized spacial score (nSPS) is 13.0. The molecule has 0 aromatic rings. The zero-order valence-electron chi connectivity index (χ0n) is 15.0. The van der Waals surface area contributed by atoms with E-state index in [4.69, 9.17) is 40.9 Å². The van der Waals surface area contributed by atoms with E-state index in [9.17, 15) is 39.0 Å². The topological polar surface area (TPSA) is 366 Å².